The Hall–Kier alpha value is -1.78. The first-order chi connectivity index (χ1) is 9.95. The topological polar surface area (TPSA) is 143 Å². The van der Waals surface area contributed by atoms with Crippen LogP contribution in [0.4, 0.5) is 5.69 Å². The maximum Gasteiger partial charge on any atom is 0.310 e. The monoisotopic (exact) mass is 301 g/mol. The normalized spacial score (nSPS) is 32.7. The molecule has 9 heteroatoms. The molecule has 0 unspecified atom stereocenters. The second-order valence-electron chi connectivity index (χ2n) is 4.54. The molecule has 9 nitrogen and oxygen atoms in total. The predicted molar refractivity (Wildman–Crippen MR) is 67.5 cm³/mol. The van der Waals surface area contributed by atoms with Crippen LogP contribution in [0.1, 0.15) is 0 Å². The number of nitro groups is 1. The summed E-state index contributed by atoms with van der Waals surface area (Å²) < 4.78 is 10.1. The first kappa shape index (κ1) is 15.6. The molecule has 0 aromatic heterocycles. The van der Waals surface area contributed by atoms with Gasteiger partial charge in [-0.1, -0.05) is 12.1 Å². The van der Waals surface area contributed by atoms with Crippen LogP contribution in [0.3, 0.4) is 0 Å². The van der Waals surface area contributed by atoms with Crippen molar-refractivity contribution in [1.82, 2.24) is 0 Å². The Morgan fingerprint density at radius 2 is 1.90 bits per heavy atom. The Balaban J connectivity index is 2.21. The largest absolute Gasteiger partial charge is 0.475 e. The molecule has 0 radical (unpaired) electrons. The molecule has 21 heavy (non-hydrogen) atoms. The molecule has 1 saturated heterocycles. The Kier molecular flexibility index (Phi) is 4.70. The van der Waals surface area contributed by atoms with E-state index in [0.717, 1.165) is 0 Å². The summed E-state index contributed by atoms with van der Waals surface area (Å²) >= 11 is 0. The van der Waals surface area contributed by atoms with Gasteiger partial charge in [0.25, 0.3) is 0 Å². The Labute approximate surface area is 119 Å². The minimum Gasteiger partial charge on any atom is -0.475 e. The lowest BCUT2D eigenvalue weighted by Gasteiger charge is -2.39. The third kappa shape index (κ3) is 3.12. The van der Waals surface area contributed by atoms with E-state index >= 15 is 0 Å². The smallest absolute Gasteiger partial charge is 0.310 e. The molecule has 2 rings (SSSR count). The highest BCUT2D eigenvalue weighted by Gasteiger charge is 2.45. The number of para-hydroxylation sites is 2. The predicted octanol–water partition coefficient (Wildman–Crippen LogP) is -1.23. The van der Waals surface area contributed by atoms with Crippen molar-refractivity contribution in [3.63, 3.8) is 0 Å². The van der Waals surface area contributed by atoms with Gasteiger partial charge in [0, 0.05) is 6.07 Å². The van der Waals surface area contributed by atoms with Gasteiger partial charge in [0.2, 0.25) is 0 Å². The van der Waals surface area contributed by atoms with Gasteiger partial charge in [0.05, 0.1) is 11.5 Å². The van der Waals surface area contributed by atoms with Gasteiger partial charge in [-0.2, -0.15) is 0 Å². The molecule has 1 heterocycles. The molecular formula is C12H15NO8. The fraction of sp³-hybridized carbons (Fsp3) is 0.500. The maximum atomic E-state index is 10.9. The summed E-state index contributed by atoms with van der Waals surface area (Å²) in [4.78, 5) is 10.2. The number of rotatable bonds is 4. The van der Waals surface area contributed by atoms with Gasteiger partial charge in [-0.05, 0) is 6.07 Å². The lowest BCUT2D eigenvalue weighted by molar-refractivity contribution is -0.386. The van der Waals surface area contributed by atoms with Crippen LogP contribution < -0.4 is 4.74 Å². The van der Waals surface area contributed by atoms with Crippen LogP contribution in [0.25, 0.3) is 0 Å². The number of benzene rings is 1. The third-order valence-corrected chi connectivity index (χ3v) is 3.17. The summed E-state index contributed by atoms with van der Waals surface area (Å²) in [6.07, 6.45) is -7.32. The standard InChI is InChI=1S/C12H15NO8/c14-5-8-9(15)10(16)11(12(17)21-8)20-7-4-2-1-3-6(7)13(18)19/h1-4,8-12,14-17H,5H2/t8-,9+,10+,11-,12+/m1/s1. The molecule has 5 atom stereocenters. The zero-order valence-corrected chi connectivity index (χ0v) is 10.8. The first-order valence-electron chi connectivity index (χ1n) is 6.16. The first-order valence-corrected chi connectivity index (χ1v) is 6.16. The van der Waals surface area contributed by atoms with E-state index < -0.39 is 42.2 Å². The molecule has 1 aliphatic rings. The van der Waals surface area contributed by atoms with Gasteiger partial charge in [0.15, 0.2) is 18.1 Å². The average Bonchev–Trinajstić information content (AvgIpc) is 2.47. The molecule has 116 valence electrons. The molecule has 1 aromatic carbocycles. The lowest BCUT2D eigenvalue weighted by Crippen LogP contribution is -2.60. The molecule has 1 fully saturated rings. The fourth-order valence-electron chi connectivity index (χ4n) is 2.05. The lowest BCUT2D eigenvalue weighted by atomic mass is 9.99. The van der Waals surface area contributed by atoms with Gasteiger partial charge in [-0.25, -0.2) is 0 Å². The second-order valence-corrected chi connectivity index (χ2v) is 4.54. The summed E-state index contributed by atoms with van der Waals surface area (Å²) in [5.74, 6) is -0.177. The van der Waals surface area contributed by atoms with E-state index in [1.807, 2.05) is 0 Å². The number of nitro benzene ring substituents is 1. The van der Waals surface area contributed by atoms with Crippen molar-refractivity contribution in [2.75, 3.05) is 6.61 Å². The van der Waals surface area contributed by atoms with Crippen molar-refractivity contribution in [1.29, 1.82) is 0 Å². The minimum absolute atomic E-state index is 0.177. The van der Waals surface area contributed by atoms with Crippen LogP contribution in [0, 0.1) is 10.1 Å². The highest BCUT2D eigenvalue weighted by Crippen LogP contribution is 2.30. The van der Waals surface area contributed by atoms with E-state index in [1.54, 1.807) is 0 Å². The van der Waals surface area contributed by atoms with Crippen molar-refractivity contribution >= 4 is 5.69 Å². The molecule has 0 amide bonds. The SMILES string of the molecule is O=[N+]([O-])c1ccccc1O[C@@H]1[C@@H](O)[C@@H](O)[C@@H](CO)O[C@@H]1O. The number of ether oxygens (including phenoxy) is 2. The zero-order valence-electron chi connectivity index (χ0n) is 10.8. The third-order valence-electron chi connectivity index (χ3n) is 3.17. The quantitative estimate of drug-likeness (QED) is 0.400. The molecule has 4 N–H and O–H groups in total. The van der Waals surface area contributed by atoms with E-state index in [0.29, 0.717) is 0 Å². The second kappa shape index (κ2) is 6.33. The average molecular weight is 301 g/mol. The molecule has 0 saturated carbocycles. The zero-order chi connectivity index (χ0) is 15.6. The van der Waals surface area contributed by atoms with E-state index in [1.165, 1.54) is 24.3 Å². The molecule has 1 aliphatic heterocycles. The highest BCUT2D eigenvalue weighted by atomic mass is 16.7. The van der Waals surface area contributed by atoms with Crippen molar-refractivity contribution in [3.05, 3.63) is 34.4 Å². The van der Waals surface area contributed by atoms with Crippen LogP contribution in [-0.4, -0.2) is 62.7 Å². The van der Waals surface area contributed by atoms with Gasteiger partial charge < -0.3 is 29.9 Å². The van der Waals surface area contributed by atoms with Gasteiger partial charge in [-0.3, -0.25) is 10.1 Å². The fourth-order valence-corrected chi connectivity index (χ4v) is 2.05. The molecule has 0 bridgehead atoms. The summed E-state index contributed by atoms with van der Waals surface area (Å²) in [5.41, 5.74) is -0.351. The van der Waals surface area contributed by atoms with E-state index in [4.69, 9.17) is 14.6 Å². The van der Waals surface area contributed by atoms with Gasteiger partial charge in [-0.15, -0.1) is 0 Å². The summed E-state index contributed by atoms with van der Waals surface area (Å²) in [5, 5.41) is 49.2. The number of hydrogen-bond acceptors (Lipinski definition) is 8. The summed E-state index contributed by atoms with van der Waals surface area (Å²) in [7, 11) is 0. The van der Waals surface area contributed by atoms with Crippen LogP contribution in [-0.2, 0) is 4.74 Å². The van der Waals surface area contributed by atoms with Crippen LogP contribution >= 0.6 is 0 Å². The molecular weight excluding hydrogens is 286 g/mol. The van der Waals surface area contributed by atoms with Crippen molar-refractivity contribution in [2.45, 2.75) is 30.7 Å². The number of nitrogens with zero attached hydrogens (tertiary/aromatic N) is 1. The Morgan fingerprint density at radius 3 is 2.52 bits per heavy atom. The molecule has 0 spiro atoms. The number of aliphatic hydroxyl groups excluding tert-OH is 4. The molecule has 0 aliphatic carbocycles. The van der Waals surface area contributed by atoms with E-state index in [9.17, 15) is 25.4 Å². The number of aliphatic hydroxyl groups is 4. The summed E-state index contributed by atoms with van der Waals surface area (Å²) in [6.45, 7) is -0.604. The molecule has 1 aromatic rings. The van der Waals surface area contributed by atoms with Gasteiger partial charge >= 0.3 is 5.69 Å². The van der Waals surface area contributed by atoms with Crippen LogP contribution in [0.5, 0.6) is 5.75 Å². The number of hydrogen-bond donors (Lipinski definition) is 4. The van der Waals surface area contributed by atoms with Crippen LogP contribution in [0.15, 0.2) is 24.3 Å². The van der Waals surface area contributed by atoms with E-state index in [-0.39, 0.29) is 11.4 Å². The minimum atomic E-state index is -1.65. The van der Waals surface area contributed by atoms with Crippen molar-refractivity contribution < 1.29 is 34.8 Å². The Bertz CT molecular complexity index is 510. The van der Waals surface area contributed by atoms with Crippen molar-refractivity contribution in [2.24, 2.45) is 0 Å². The van der Waals surface area contributed by atoms with Crippen molar-refractivity contribution in [3.8, 4) is 5.75 Å². The maximum absolute atomic E-state index is 10.9. The highest BCUT2D eigenvalue weighted by molar-refractivity contribution is 5.45. The Morgan fingerprint density at radius 1 is 1.24 bits per heavy atom. The van der Waals surface area contributed by atoms with Crippen LogP contribution in [0.2, 0.25) is 0 Å². The van der Waals surface area contributed by atoms with Gasteiger partial charge in [0.1, 0.15) is 18.3 Å². The van der Waals surface area contributed by atoms with E-state index in [2.05, 4.69) is 0 Å². The summed E-state index contributed by atoms with van der Waals surface area (Å²) in [6, 6.07) is 5.41.